The van der Waals surface area contributed by atoms with Crippen LogP contribution in [0.3, 0.4) is 0 Å². The Hall–Kier alpha value is -2.46. The molecule has 0 bridgehead atoms. The van der Waals surface area contributed by atoms with Gasteiger partial charge in [-0.3, -0.25) is 9.59 Å². The molecule has 2 aromatic rings. The molecule has 4 rings (SSSR count). The van der Waals surface area contributed by atoms with Gasteiger partial charge < -0.3 is 15.5 Å². The van der Waals surface area contributed by atoms with Gasteiger partial charge in [-0.2, -0.15) is 13.2 Å². The molecule has 1 aliphatic carbocycles. The second-order valence-corrected chi connectivity index (χ2v) is 10.1. The van der Waals surface area contributed by atoms with E-state index in [1.165, 1.54) is 0 Å². The predicted molar refractivity (Wildman–Crippen MR) is 126 cm³/mol. The molecule has 10 heteroatoms. The summed E-state index contributed by atoms with van der Waals surface area (Å²) in [5, 5.41) is 5.97. The lowest BCUT2D eigenvalue weighted by molar-refractivity contribution is -0.138. The Bertz CT molecular complexity index is 1100. The van der Waals surface area contributed by atoms with Crippen LogP contribution in [-0.2, 0) is 27.6 Å². The molecule has 1 aliphatic heterocycles. The van der Waals surface area contributed by atoms with Crippen molar-refractivity contribution in [3.63, 3.8) is 0 Å². The van der Waals surface area contributed by atoms with E-state index in [1.54, 1.807) is 4.90 Å². The van der Waals surface area contributed by atoms with Crippen LogP contribution >= 0.6 is 15.9 Å². The summed E-state index contributed by atoms with van der Waals surface area (Å²) in [5.41, 5.74) is -1.62. The van der Waals surface area contributed by atoms with Gasteiger partial charge in [0.15, 0.2) is 0 Å². The van der Waals surface area contributed by atoms with Gasteiger partial charge in [-0.05, 0) is 56.1 Å². The molecule has 35 heavy (non-hydrogen) atoms. The van der Waals surface area contributed by atoms with Crippen molar-refractivity contribution >= 4 is 27.7 Å². The molecule has 0 aromatic heterocycles. The maximum absolute atomic E-state index is 14.7. The minimum Gasteiger partial charge on any atom is -0.343 e. The lowest BCUT2D eigenvalue weighted by atomic mass is 9.92. The van der Waals surface area contributed by atoms with Gasteiger partial charge in [0.2, 0.25) is 11.8 Å². The minimum atomic E-state index is -4.68. The molecule has 1 saturated heterocycles. The number of benzene rings is 2. The van der Waals surface area contributed by atoms with Gasteiger partial charge in [0.1, 0.15) is 11.9 Å². The highest BCUT2D eigenvalue weighted by atomic mass is 79.9. The van der Waals surface area contributed by atoms with E-state index < -0.39 is 34.9 Å². The third kappa shape index (κ3) is 5.53. The molecule has 1 saturated carbocycles. The standard InChI is InChI=1S/C25H26BrF4N3O2/c1-31-18-8-11-33(14-18)22(34)21(12-15-2-5-17(26)6-3-15)32-23(35)24(9-10-24)19-7-4-16(13-20(19)27)25(28,29)30/h2-7,13,18,21,31H,8-12,14H2,1H3,(H,32,35)/t18-,21-/m0/s1. The summed E-state index contributed by atoms with van der Waals surface area (Å²) in [5.74, 6) is -1.85. The Morgan fingerprint density at radius 2 is 1.86 bits per heavy atom. The summed E-state index contributed by atoms with van der Waals surface area (Å²) < 4.78 is 54.5. The Balaban J connectivity index is 1.57. The van der Waals surface area contributed by atoms with Crippen molar-refractivity contribution in [1.82, 2.24) is 15.5 Å². The van der Waals surface area contributed by atoms with Crippen LogP contribution in [-0.4, -0.2) is 48.9 Å². The molecule has 0 spiro atoms. The van der Waals surface area contributed by atoms with Crippen LogP contribution in [0.2, 0.25) is 0 Å². The van der Waals surface area contributed by atoms with Crippen LogP contribution in [0.25, 0.3) is 0 Å². The summed E-state index contributed by atoms with van der Waals surface area (Å²) in [6, 6.07) is 8.91. The lowest BCUT2D eigenvalue weighted by Crippen LogP contribution is -2.52. The van der Waals surface area contributed by atoms with E-state index in [2.05, 4.69) is 26.6 Å². The molecule has 2 N–H and O–H groups in total. The Labute approximate surface area is 209 Å². The highest BCUT2D eigenvalue weighted by molar-refractivity contribution is 9.10. The first-order chi connectivity index (χ1) is 16.5. The molecule has 2 aliphatic rings. The second-order valence-electron chi connectivity index (χ2n) is 9.19. The van der Waals surface area contributed by atoms with Crippen LogP contribution in [0.4, 0.5) is 17.6 Å². The largest absolute Gasteiger partial charge is 0.416 e. The molecule has 2 atom stereocenters. The van der Waals surface area contributed by atoms with Crippen LogP contribution in [0, 0.1) is 5.82 Å². The van der Waals surface area contributed by atoms with Crippen molar-refractivity contribution in [3.05, 3.63) is 69.4 Å². The maximum atomic E-state index is 14.7. The van der Waals surface area contributed by atoms with Crippen LogP contribution < -0.4 is 10.6 Å². The molecule has 5 nitrogen and oxygen atoms in total. The fourth-order valence-electron chi connectivity index (χ4n) is 4.59. The van der Waals surface area contributed by atoms with Gasteiger partial charge in [0, 0.05) is 35.6 Å². The van der Waals surface area contributed by atoms with E-state index in [0.717, 1.165) is 28.6 Å². The van der Waals surface area contributed by atoms with Gasteiger partial charge in [0.25, 0.3) is 0 Å². The molecule has 188 valence electrons. The van der Waals surface area contributed by atoms with E-state index in [0.29, 0.717) is 32.0 Å². The number of alkyl halides is 3. The molecule has 0 unspecified atom stereocenters. The van der Waals surface area contributed by atoms with Crippen molar-refractivity contribution in [2.24, 2.45) is 0 Å². The van der Waals surface area contributed by atoms with Crippen molar-refractivity contribution in [3.8, 4) is 0 Å². The van der Waals surface area contributed by atoms with E-state index in [4.69, 9.17) is 0 Å². The van der Waals surface area contributed by atoms with E-state index in [9.17, 15) is 27.2 Å². The topological polar surface area (TPSA) is 61.4 Å². The zero-order chi connectivity index (χ0) is 25.4. The molecular weight excluding hydrogens is 530 g/mol. The average Bonchev–Trinajstić information content (AvgIpc) is 3.48. The van der Waals surface area contributed by atoms with Gasteiger partial charge in [-0.1, -0.05) is 34.1 Å². The van der Waals surface area contributed by atoms with E-state index in [-0.39, 0.29) is 23.9 Å². The quantitative estimate of drug-likeness (QED) is 0.504. The number of carbonyl (C=O) groups is 2. The van der Waals surface area contributed by atoms with Gasteiger partial charge in [-0.25, -0.2) is 4.39 Å². The number of halogens is 5. The Morgan fingerprint density at radius 3 is 2.40 bits per heavy atom. The van der Waals surface area contributed by atoms with Crippen LogP contribution in [0.15, 0.2) is 46.9 Å². The van der Waals surface area contributed by atoms with Crippen LogP contribution in [0.5, 0.6) is 0 Å². The van der Waals surface area contributed by atoms with Gasteiger partial charge >= 0.3 is 6.18 Å². The van der Waals surface area contributed by atoms with E-state index >= 15 is 0 Å². The van der Waals surface area contributed by atoms with Crippen molar-refractivity contribution < 1.29 is 27.2 Å². The van der Waals surface area contributed by atoms with Gasteiger partial charge in [0.05, 0.1) is 11.0 Å². The number of nitrogens with zero attached hydrogens (tertiary/aromatic N) is 1. The van der Waals surface area contributed by atoms with E-state index in [1.807, 2.05) is 31.3 Å². The first-order valence-corrected chi connectivity index (χ1v) is 12.2. The smallest absolute Gasteiger partial charge is 0.343 e. The zero-order valence-corrected chi connectivity index (χ0v) is 20.7. The number of carbonyl (C=O) groups excluding carboxylic acids is 2. The highest BCUT2D eigenvalue weighted by Gasteiger charge is 2.54. The molecule has 2 amide bonds. The third-order valence-electron chi connectivity index (χ3n) is 6.86. The fraction of sp³-hybridized carbons (Fsp3) is 0.440. The monoisotopic (exact) mass is 555 g/mol. The van der Waals surface area contributed by atoms with Crippen molar-refractivity contribution in [2.75, 3.05) is 20.1 Å². The maximum Gasteiger partial charge on any atom is 0.416 e. The first-order valence-electron chi connectivity index (χ1n) is 11.4. The van der Waals surface area contributed by atoms with Crippen molar-refractivity contribution in [1.29, 1.82) is 0 Å². The highest BCUT2D eigenvalue weighted by Crippen LogP contribution is 2.50. The number of hydrogen-bond donors (Lipinski definition) is 2. The first kappa shape index (κ1) is 25.6. The molecule has 0 radical (unpaired) electrons. The molecular formula is C25H26BrF4N3O2. The zero-order valence-electron chi connectivity index (χ0n) is 19.1. The molecule has 2 aromatic carbocycles. The Morgan fingerprint density at radius 1 is 1.17 bits per heavy atom. The number of likely N-dealkylation sites (N-methyl/N-ethyl adjacent to an activating group) is 1. The van der Waals surface area contributed by atoms with Gasteiger partial charge in [-0.15, -0.1) is 0 Å². The summed E-state index contributed by atoms with van der Waals surface area (Å²) in [4.78, 5) is 28.5. The normalized spacial score (nSPS) is 19.9. The molecule has 2 fully saturated rings. The number of nitrogens with one attached hydrogen (secondary N) is 2. The summed E-state index contributed by atoms with van der Waals surface area (Å²) in [6.45, 7) is 1.07. The summed E-state index contributed by atoms with van der Waals surface area (Å²) >= 11 is 3.38. The summed E-state index contributed by atoms with van der Waals surface area (Å²) in [6.07, 6.45) is -3.05. The molecule has 1 heterocycles. The average molecular weight is 556 g/mol. The fourth-order valence-corrected chi connectivity index (χ4v) is 4.86. The Kier molecular flexibility index (Phi) is 7.24. The summed E-state index contributed by atoms with van der Waals surface area (Å²) in [7, 11) is 1.83. The van der Waals surface area contributed by atoms with Crippen LogP contribution in [0.1, 0.15) is 36.0 Å². The SMILES string of the molecule is CN[C@H]1CCN(C(=O)[C@H](Cc2ccc(Br)cc2)NC(=O)C2(c3ccc(C(F)(F)F)cc3F)CC2)C1. The lowest BCUT2D eigenvalue weighted by Gasteiger charge is -2.27. The third-order valence-corrected chi connectivity index (χ3v) is 7.39. The number of amides is 2. The number of hydrogen-bond acceptors (Lipinski definition) is 3. The second kappa shape index (κ2) is 9.89. The van der Waals surface area contributed by atoms with Crippen molar-refractivity contribution in [2.45, 2.75) is 49.4 Å². The minimum absolute atomic E-state index is 0.0748. The number of likely N-dealkylation sites (tertiary alicyclic amines) is 1. The number of rotatable bonds is 7. The predicted octanol–water partition coefficient (Wildman–Crippen LogP) is 4.19.